The van der Waals surface area contributed by atoms with Crippen LogP contribution in [-0.4, -0.2) is 26.5 Å². The summed E-state index contributed by atoms with van der Waals surface area (Å²) in [5.41, 5.74) is 1.95. The van der Waals surface area contributed by atoms with Crippen LogP contribution in [0.5, 0.6) is 0 Å². The maximum atomic E-state index is 13.5. The minimum atomic E-state index is -0.582. The second-order valence-corrected chi connectivity index (χ2v) is 9.40. The van der Waals surface area contributed by atoms with E-state index in [9.17, 15) is 9.59 Å². The number of rotatable bonds is 9. The van der Waals surface area contributed by atoms with E-state index in [-0.39, 0.29) is 11.7 Å². The number of carbonyl (C=O) groups excluding carboxylic acids is 2. The van der Waals surface area contributed by atoms with Crippen molar-refractivity contribution in [2.75, 3.05) is 5.32 Å². The van der Waals surface area contributed by atoms with E-state index in [1.807, 2.05) is 47.0 Å². The summed E-state index contributed by atoms with van der Waals surface area (Å²) in [7, 11) is 0. The van der Waals surface area contributed by atoms with E-state index in [0.717, 1.165) is 5.56 Å². The Morgan fingerprint density at radius 1 is 1.03 bits per heavy atom. The van der Waals surface area contributed by atoms with Gasteiger partial charge in [0.25, 0.3) is 0 Å². The first kappa shape index (κ1) is 23.5. The number of benzene rings is 2. The maximum absolute atomic E-state index is 13.5. The van der Waals surface area contributed by atoms with E-state index in [1.165, 1.54) is 18.7 Å². The topological polar surface area (TPSA) is 90.0 Å². The zero-order valence-corrected chi connectivity index (χ0v) is 20.1. The number of hydrogen-bond acceptors (Lipinski definition) is 6. The van der Waals surface area contributed by atoms with Crippen LogP contribution < -0.4 is 5.32 Å². The average Bonchev–Trinajstić information content (AvgIpc) is 3.48. The second kappa shape index (κ2) is 10.5. The van der Waals surface area contributed by atoms with Gasteiger partial charge < -0.3 is 9.73 Å². The Kier molecular flexibility index (Phi) is 7.27. The molecule has 4 rings (SSSR count). The number of furan rings is 1. The van der Waals surface area contributed by atoms with Gasteiger partial charge in [0.15, 0.2) is 22.5 Å². The Hall–Kier alpha value is -3.65. The lowest BCUT2D eigenvalue weighted by molar-refractivity contribution is -0.115. The molecule has 2 aromatic heterocycles. The van der Waals surface area contributed by atoms with Gasteiger partial charge in [-0.15, -0.1) is 10.2 Å². The number of carbonyl (C=O) groups is 2. The van der Waals surface area contributed by atoms with Crippen molar-refractivity contribution in [2.45, 2.75) is 37.7 Å². The molecular weight excluding hydrogens is 448 g/mol. The third-order valence-corrected chi connectivity index (χ3v) is 6.34. The number of aromatic nitrogens is 3. The molecule has 0 spiro atoms. The van der Waals surface area contributed by atoms with Crippen LogP contribution in [0, 0.1) is 5.92 Å². The van der Waals surface area contributed by atoms with Crippen LogP contribution in [0.2, 0.25) is 0 Å². The number of thioether (sulfide) groups is 1. The molecule has 0 fully saturated rings. The first-order valence-corrected chi connectivity index (χ1v) is 11.9. The molecule has 2 heterocycles. The molecule has 0 saturated carbocycles. The number of hydrogen-bond donors (Lipinski definition) is 1. The SMILES string of the molecule is CC(=O)c1cccc(NC(=O)[C@H](Sc2nnc(-c3ccco3)n2CC(C)C)c2ccccc2)c1. The predicted molar refractivity (Wildman–Crippen MR) is 133 cm³/mol. The monoisotopic (exact) mass is 474 g/mol. The van der Waals surface area contributed by atoms with Crippen LogP contribution in [-0.2, 0) is 11.3 Å². The molecule has 1 atom stereocenters. The molecule has 174 valence electrons. The third-order valence-electron chi connectivity index (χ3n) is 5.11. The lowest BCUT2D eigenvalue weighted by Crippen LogP contribution is -2.20. The third kappa shape index (κ3) is 5.46. The number of anilines is 1. The lowest BCUT2D eigenvalue weighted by Gasteiger charge is -2.18. The summed E-state index contributed by atoms with van der Waals surface area (Å²) >= 11 is 1.34. The van der Waals surface area contributed by atoms with E-state index < -0.39 is 5.25 Å². The highest BCUT2D eigenvalue weighted by Gasteiger charge is 2.27. The summed E-state index contributed by atoms with van der Waals surface area (Å²) in [4.78, 5) is 25.2. The minimum absolute atomic E-state index is 0.0580. The average molecular weight is 475 g/mol. The molecule has 0 aliphatic heterocycles. The highest BCUT2D eigenvalue weighted by molar-refractivity contribution is 8.00. The van der Waals surface area contributed by atoms with Crippen molar-refractivity contribution >= 4 is 29.1 Å². The van der Waals surface area contributed by atoms with Crippen LogP contribution in [0.25, 0.3) is 11.6 Å². The summed E-state index contributed by atoms with van der Waals surface area (Å²) in [6.45, 7) is 6.41. The van der Waals surface area contributed by atoms with Gasteiger partial charge >= 0.3 is 0 Å². The first-order chi connectivity index (χ1) is 16.4. The molecule has 8 heteroatoms. The Labute approximate surface area is 202 Å². The van der Waals surface area contributed by atoms with Gasteiger partial charge in [-0.1, -0.05) is 68.1 Å². The Morgan fingerprint density at radius 3 is 2.50 bits per heavy atom. The molecular formula is C26H26N4O3S. The van der Waals surface area contributed by atoms with Crippen molar-refractivity contribution in [1.82, 2.24) is 14.8 Å². The second-order valence-electron chi connectivity index (χ2n) is 8.32. The van der Waals surface area contributed by atoms with Gasteiger partial charge in [0.2, 0.25) is 5.91 Å². The fourth-order valence-electron chi connectivity index (χ4n) is 3.52. The molecule has 0 aliphatic rings. The highest BCUT2D eigenvalue weighted by Crippen LogP contribution is 2.37. The van der Waals surface area contributed by atoms with Crippen LogP contribution in [0.3, 0.4) is 0 Å². The molecule has 2 aromatic carbocycles. The largest absolute Gasteiger partial charge is 0.461 e. The molecule has 0 aliphatic carbocycles. The number of Topliss-reactive ketones (excluding diaryl/α,β-unsaturated/α-hetero) is 1. The predicted octanol–water partition coefficient (Wildman–Crippen LogP) is 5.87. The smallest absolute Gasteiger partial charge is 0.242 e. The van der Waals surface area contributed by atoms with Gasteiger partial charge in [-0.25, -0.2) is 0 Å². The molecule has 0 unspecified atom stereocenters. The van der Waals surface area contributed by atoms with Gasteiger partial charge in [-0.2, -0.15) is 0 Å². The molecule has 1 amide bonds. The van der Waals surface area contributed by atoms with Crippen molar-refractivity contribution < 1.29 is 14.0 Å². The summed E-state index contributed by atoms with van der Waals surface area (Å²) in [6.07, 6.45) is 1.60. The van der Waals surface area contributed by atoms with Gasteiger partial charge in [-0.3, -0.25) is 14.2 Å². The van der Waals surface area contributed by atoms with Gasteiger partial charge in [-0.05, 0) is 42.7 Å². The van der Waals surface area contributed by atoms with Gasteiger partial charge in [0.05, 0.1) is 6.26 Å². The number of nitrogens with one attached hydrogen (secondary N) is 1. The van der Waals surface area contributed by atoms with Crippen LogP contribution in [0.15, 0.2) is 82.6 Å². The number of amides is 1. The van der Waals surface area contributed by atoms with Crippen molar-refractivity contribution in [3.05, 3.63) is 84.1 Å². The molecule has 0 saturated heterocycles. The Balaban J connectivity index is 1.67. The molecule has 7 nitrogen and oxygen atoms in total. The fourth-order valence-corrected chi connectivity index (χ4v) is 4.57. The Morgan fingerprint density at radius 2 is 1.82 bits per heavy atom. The van der Waals surface area contributed by atoms with Crippen molar-refractivity contribution in [2.24, 2.45) is 5.92 Å². The summed E-state index contributed by atoms with van der Waals surface area (Å²) < 4.78 is 7.56. The Bertz CT molecular complexity index is 1270. The summed E-state index contributed by atoms with van der Waals surface area (Å²) in [6, 6.07) is 20.1. The molecule has 4 aromatic rings. The molecule has 0 radical (unpaired) electrons. The van der Waals surface area contributed by atoms with Crippen molar-refractivity contribution in [1.29, 1.82) is 0 Å². The fraction of sp³-hybridized carbons (Fsp3) is 0.231. The summed E-state index contributed by atoms with van der Waals surface area (Å²) in [5.74, 6) is 1.32. The number of nitrogens with zero attached hydrogens (tertiary/aromatic N) is 3. The van der Waals surface area contributed by atoms with E-state index in [0.29, 0.717) is 40.5 Å². The zero-order valence-electron chi connectivity index (χ0n) is 19.3. The minimum Gasteiger partial charge on any atom is -0.461 e. The number of ketones is 1. The van der Waals surface area contributed by atoms with Crippen molar-refractivity contribution in [3.8, 4) is 11.6 Å². The standard InChI is InChI=1S/C26H26N4O3S/c1-17(2)16-30-24(22-13-8-14-33-22)28-29-26(30)34-23(19-9-5-4-6-10-19)25(32)27-21-12-7-11-20(15-21)18(3)31/h4-15,17,23H,16H2,1-3H3,(H,27,32)/t23-/m1/s1. The van der Waals surface area contributed by atoms with Crippen molar-refractivity contribution in [3.63, 3.8) is 0 Å². The molecule has 34 heavy (non-hydrogen) atoms. The van der Waals surface area contributed by atoms with Gasteiger partial charge in [0, 0.05) is 17.8 Å². The lowest BCUT2D eigenvalue weighted by atomic mass is 10.1. The quantitative estimate of drug-likeness (QED) is 0.241. The van der Waals surface area contributed by atoms with E-state index in [4.69, 9.17) is 4.42 Å². The maximum Gasteiger partial charge on any atom is 0.242 e. The molecule has 1 N–H and O–H groups in total. The van der Waals surface area contributed by atoms with E-state index >= 15 is 0 Å². The van der Waals surface area contributed by atoms with Crippen LogP contribution in [0.1, 0.15) is 41.9 Å². The van der Waals surface area contributed by atoms with Crippen LogP contribution in [0.4, 0.5) is 5.69 Å². The molecule has 0 bridgehead atoms. The van der Waals surface area contributed by atoms with Crippen LogP contribution >= 0.6 is 11.8 Å². The zero-order chi connectivity index (χ0) is 24.1. The first-order valence-electron chi connectivity index (χ1n) is 11.0. The summed E-state index contributed by atoms with van der Waals surface area (Å²) in [5, 5.41) is 11.8. The van der Waals surface area contributed by atoms with E-state index in [2.05, 4.69) is 29.4 Å². The normalized spacial score (nSPS) is 12.0. The highest BCUT2D eigenvalue weighted by atomic mass is 32.2. The van der Waals surface area contributed by atoms with E-state index in [1.54, 1.807) is 30.5 Å². The van der Waals surface area contributed by atoms with Gasteiger partial charge in [0.1, 0.15) is 5.25 Å².